The summed E-state index contributed by atoms with van der Waals surface area (Å²) < 4.78 is 18.1. The molecule has 5 aliphatic carbocycles. The summed E-state index contributed by atoms with van der Waals surface area (Å²) in [7, 11) is 0. The zero-order valence-electron chi connectivity index (χ0n) is 20.8. The average molecular weight is 559 g/mol. The molecule has 11 heteroatoms. The molecule has 0 radical (unpaired) electrons. The Hall–Kier alpha value is -2.49. The van der Waals surface area contributed by atoms with Crippen molar-refractivity contribution in [2.75, 3.05) is 0 Å². The van der Waals surface area contributed by atoms with Crippen molar-refractivity contribution in [2.45, 2.75) is 88.3 Å². The van der Waals surface area contributed by atoms with E-state index in [-0.39, 0.29) is 22.9 Å². The van der Waals surface area contributed by atoms with Gasteiger partial charge in [0.2, 0.25) is 5.89 Å². The van der Waals surface area contributed by atoms with Crippen molar-refractivity contribution < 1.29 is 23.7 Å². The van der Waals surface area contributed by atoms with Crippen LogP contribution in [0.3, 0.4) is 0 Å². The van der Waals surface area contributed by atoms with E-state index in [1.165, 1.54) is 0 Å². The number of rotatable bonds is 9. The van der Waals surface area contributed by atoms with Crippen LogP contribution in [0.25, 0.3) is 11.3 Å². The van der Waals surface area contributed by atoms with Crippen LogP contribution in [0.5, 0.6) is 0 Å². The van der Waals surface area contributed by atoms with Crippen molar-refractivity contribution in [2.24, 2.45) is 11.3 Å². The summed E-state index contributed by atoms with van der Waals surface area (Å²) in [4.78, 5) is 19.8. The van der Waals surface area contributed by atoms with Crippen LogP contribution in [-0.2, 0) is 22.6 Å². The Morgan fingerprint density at radius 2 is 1.76 bits per heavy atom. The minimum Gasteiger partial charge on any atom is -0.481 e. The number of carboxylic acid groups (broad SMARTS) is 1. The molecule has 5 saturated carbocycles. The highest BCUT2D eigenvalue weighted by molar-refractivity contribution is 6.38. The number of carbonyl (C=O) groups is 1. The normalized spacial score (nSPS) is 30.1. The van der Waals surface area contributed by atoms with Gasteiger partial charge < -0.3 is 18.9 Å². The second-order valence-corrected chi connectivity index (χ2v) is 12.4. The third-order valence-electron chi connectivity index (χ3n) is 9.16. The first-order valence-corrected chi connectivity index (χ1v) is 14.1. The molecule has 0 saturated heterocycles. The lowest BCUT2D eigenvalue weighted by Crippen LogP contribution is -2.48. The molecule has 9 nitrogen and oxygen atoms in total. The molecular weight excluding hydrogens is 531 g/mol. The molecule has 38 heavy (non-hydrogen) atoms. The molecule has 3 aromatic rings. The lowest BCUT2D eigenvalue weighted by molar-refractivity contribution is -0.144. The van der Waals surface area contributed by atoms with Crippen LogP contribution in [-0.4, -0.2) is 37.0 Å². The Bertz CT molecular complexity index is 1350. The topological polar surface area (TPSA) is 124 Å². The number of aromatic nitrogens is 4. The van der Waals surface area contributed by atoms with Gasteiger partial charge in [-0.1, -0.05) is 33.5 Å². The van der Waals surface area contributed by atoms with E-state index in [1.807, 2.05) is 0 Å². The van der Waals surface area contributed by atoms with Gasteiger partial charge in [0.15, 0.2) is 5.82 Å². The number of aliphatic carboxylic acids is 1. The molecule has 200 valence electrons. The highest BCUT2D eigenvalue weighted by Crippen LogP contribution is 2.56. The molecule has 0 spiro atoms. The number of nitrogens with zero attached hydrogens (tertiary/aromatic N) is 4. The van der Waals surface area contributed by atoms with E-state index >= 15 is 0 Å². The van der Waals surface area contributed by atoms with Gasteiger partial charge in [0.25, 0.3) is 0 Å². The van der Waals surface area contributed by atoms with Crippen LogP contribution in [0, 0.1) is 11.3 Å². The van der Waals surface area contributed by atoms with Gasteiger partial charge in [0, 0.05) is 41.8 Å². The van der Waals surface area contributed by atoms with Crippen molar-refractivity contribution in [1.29, 1.82) is 0 Å². The highest BCUT2D eigenvalue weighted by Gasteiger charge is 2.51. The minimum absolute atomic E-state index is 0.110. The Morgan fingerprint density at radius 3 is 2.39 bits per heavy atom. The monoisotopic (exact) mass is 558 g/mol. The maximum absolute atomic E-state index is 11.2. The summed E-state index contributed by atoms with van der Waals surface area (Å²) >= 11 is 12.9. The van der Waals surface area contributed by atoms with E-state index in [4.69, 9.17) is 37.0 Å². The van der Waals surface area contributed by atoms with Crippen LogP contribution in [0.15, 0.2) is 21.4 Å². The van der Waals surface area contributed by atoms with Gasteiger partial charge in [-0.25, -0.2) is 0 Å². The summed E-state index contributed by atoms with van der Waals surface area (Å²) in [5.41, 5.74) is 2.18. The van der Waals surface area contributed by atoms with Crippen molar-refractivity contribution in [1.82, 2.24) is 20.3 Å². The lowest BCUT2D eigenvalue weighted by atomic mass is 9.57. The standard InChI is InChI=1S/C27H28Cl2N4O5/c28-18-11-30-12-19(29)21(18)22-17(23(38-32-22)14-1-2-14)13-36-27-6-3-26(4-7-27,5-8-27)10-20-31-24(33-37-20)15-9-16(15)25(34)35/h11-12,14-16H,1-10,13H2,(H,34,35). The van der Waals surface area contributed by atoms with Crippen molar-refractivity contribution >= 4 is 29.2 Å². The second-order valence-electron chi connectivity index (χ2n) is 11.6. The Morgan fingerprint density at radius 1 is 1.05 bits per heavy atom. The van der Waals surface area contributed by atoms with Gasteiger partial charge in [0.1, 0.15) is 11.5 Å². The second kappa shape index (κ2) is 9.03. The first-order valence-electron chi connectivity index (χ1n) is 13.3. The molecule has 2 atom stereocenters. The molecule has 2 unspecified atom stereocenters. The number of halogens is 2. The molecule has 3 heterocycles. The van der Waals surface area contributed by atoms with Gasteiger partial charge in [-0.15, -0.1) is 0 Å². The van der Waals surface area contributed by atoms with Gasteiger partial charge in [-0.3, -0.25) is 9.78 Å². The molecule has 5 fully saturated rings. The molecule has 2 bridgehead atoms. The van der Waals surface area contributed by atoms with E-state index in [0.717, 1.165) is 69.1 Å². The molecular formula is C27H28Cl2N4O5. The predicted molar refractivity (Wildman–Crippen MR) is 136 cm³/mol. The van der Waals surface area contributed by atoms with Crippen molar-refractivity contribution in [3.8, 4) is 11.3 Å². The fraction of sp³-hybridized carbons (Fsp3) is 0.593. The number of ether oxygens (including phenoxy) is 1. The largest absolute Gasteiger partial charge is 0.481 e. The van der Waals surface area contributed by atoms with Crippen LogP contribution >= 0.6 is 23.2 Å². The van der Waals surface area contributed by atoms with Gasteiger partial charge in [-0.2, -0.15) is 4.98 Å². The number of carboxylic acids is 1. The fourth-order valence-electron chi connectivity index (χ4n) is 6.46. The van der Waals surface area contributed by atoms with Crippen LogP contribution < -0.4 is 0 Å². The van der Waals surface area contributed by atoms with Gasteiger partial charge in [-0.05, 0) is 63.2 Å². The number of hydrogen-bond donors (Lipinski definition) is 1. The number of pyridine rings is 1. The quantitative estimate of drug-likeness (QED) is 0.320. The lowest BCUT2D eigenvalue weighted by Gasteiger charge is -2.52. The van der Waals surface area contributed by atoms with E-state index in [1.54, 1.807) is 12.4 Å². The zero-order valence-corrected chi connectivity index (χ0v) is 22.3. The summed E-state index contributed by atoms with van der Waals surface area (Å²) in [6, 6.07) is 0. The Kier molecular flexibility index (Phi) is 5.83. The van der Waals surface area contributed by atoms with E-state index in [9.17, 15) is 9.90 Å². The maximum Gasteiger partial charge on any atom is 0.307 e. The summed E-state index contributed by atoms with van der Waals surface area (Å²) in [5, 5.41) is 18.5. The van der Waals surface area contributed by atoms with Crippen LogP contribution in [0.2, 0.25) is 10.0 Å². The Balaban J connectivity index is 1.04. The van der Waals surface area contributed by atoms with Crippen LogP contribution in [0.1, 0.15) is 92.7 Å². The smallest absolute Gasteiger partial charge is 0.307 e. The molecule has 5 aliphatic rings. The first-order chi connectivity index (χ1) is 18.4. The van der Waals surface area contributed by atoms with E-state index < -0.39 is 5.97 Å². The van der Waals surface area contributed by atoms with Crippen molar-refractivity contribution in [3.63, 3.8) is 0 Å². The average Bonchev–Trinajstić information content (AvgIpc) is 3.83. The summed E-state index contributed by atoms with van der Waals surface area (Å²) in [5.74, 6) is 1.15. The Labute approximate surface area is 229 Å². The third kappa shape index (κ3) is 4.32. The number of fused-ring (bicyclic) bond motifs is 3. The van der Waals surface area contributed by atoms with Crippen molar-refractivity contribution in [3.05, 3.63) is 45.5 Å². The van der Waals surface area contributed by atoms with Gasteiger partial charge in [0.05, 0.1) is 28.2 Å². The summed E-state index contributed by atoms with van der Waals surface area (Å²) in [6.07, 6.45) is 12.6. The molecule has 3 aromatic heterocycles. The molecule has 0 aliphatic heterocycles. The zero-order chi connectivity index (χ0) is 26.1. The fourth-order valence-corrected chi connectivity index (χ4v) is 7.01. The third-order valence-corrected chi connectivity index (χ3v) is 9.73. The van der Waals surface area contributed by atoms with E-state index in [2.05, 4.69) is 20.3 Å². The molecule has 1 N–H and O–H groups in total. The first kappa shape index (κ1) is 24.5. The van der Waals surface area contributed by atoms with Crippen LogP contribution in [0.4, 0.5) is 0 Å². The van der Waals surface area contributed by atoms with E-state index in [0.29, 0.717) is 52.0 Å². The SMILES string of the molecule is O=C(O)C1CC1c1noc(CC23CCC(OCc4c(-c5c(Cl)cncc5Cl)noc4C4CC4)(CC2)CC3)n1. The van der Waals surface area contributed by atoms with Gasteiger partial charge >= 0.3 is 5.97 Å². The molecule has 8 rings (SSSR count). The summed E-state index contributed by atoms with van der Waals surface area (Å²) in [6.45, 7) is 0.409. The highest BCUT2D eigenvalue weighted by atomic mass is 35.5. The maximum atomic E-state index is 11.2. The molecule has 0 aromatic carbocycles. The minimum atomic E-state index is -0.787. The predicted octanol–water partition coefficient (Wildman–Crippen LogP) is 6.34. The number of hydrogen-bond acceptors (Lipinski definition) is 8. The molecule has 0 amide bonds.